The van der Waals surface area contributed by atoms with Crippen molar-refractivity contribution < 1.29 is 23.5 Å². The molecule has 2 atom stereocenters. The zero-order chi connectivity index (χ0) is 21.2. The highest BCUT2D eigenvalue weighted by Gasteiger charge is 2.34. The molecular formula is C23H24NO5P. The maximum atomic E-state index is 13.0. The summed E-state index contributed by atoms with van der Waals surface area (Å²) < 4.78 is 23.5. The second-order valence-corrected chi connectivity index (χ2v) is 8.74. The van der Waals surface area contributed by atoms with E-state index >= 15 is 0 Å². The SMILES string of the molecule is O=C(N[C@H](Cc1ccccc1)P(=O)(O)OCc1ccccc1)OCc1ccccc1. The Hall–Kier alpha value is -2.92. The summed E-state index contributed by atoms with van der Waals surface area (Å²) in [5.74, 6) is -1.15. The summed E-state index contributed by atoms with van der Waals surface area (Å²) in [7, 11) is -4.20. The van der Waals surface area contributed by atoms with Crippen LogP contribution in [0, 0.1) is 0 Å². The van der Waals surface area contributed by atoms with Crippen molar-refractivity contribution in [2.75, 3.05) is 0 Å². The van der Waals surface area contributed by atoms with Crippen LogP contribution in [0.1, 0.15) is 16.7 Å². The van der Waals surface area contributed by atoms with E-state index in [2.05, 4.69) is 5.32 Å². The van der Waals surface area contributed by atoms with Crippen LogP contribution in [0.15, 0.2) is 91.0 Å². The number of benzene rings is 3. The Balaban J connectivity index is 1.67. The lowest BCUT2D eigenvalue weighted by Gasteiger charge is -2.23. The van der Waals surface area contributed by atoms with Crippen molar-refractivity contribution in [3.63, 3.8) is 0 Å². The van der Waals surface area contributed by atoms with Crippen molar-refractivity contribution in [3.8, 4) is 0 Å². The highest BCUT2D eigenvalue weighted by Crippen LogP contribution is 2.48. The van der Waals surface area contributed by atoms with Gasteiger partial charge in [0, 0.05) is 6.42 Å². The van der Waals surface area contributed by atoms with E-state index in [4.69, 9.17) is 9.26 Å². The smallest absolute Gasteiger partial charge is 0.408 e. The summed E-state index contributed by atoms with van der Waals surface area (Å²) in [5, 5.41) is 2.51. The first kappa shape index (κ1) is 21.8. The van der Waals surface area contributed by atoms with Crippen molar-refractivity contribution in [1.82, 2.24) is 5.32 Å². The van der Waals surface area contributed by atoms with Gasteiger partial charge in [-0.3, -0.25) is 4.57 Å². The van der Waals surface area contributed by atoms with Gasteiger partial charge in [-0.2, -0.15) is 0 Å². The molecule has 0 spiro atoms. The lowest BCUT2D eigenvalue weighted by atomic mass is 10.1. The molecule has 0 aliphatic carbocycles. The van der Waals surface area contributed by atoms with E-state index < -0.39 is 19.5 Å². The molecule has 0 fully saturated rings. The van der Waals surface area contributed by atoms with Gasteiger partial charge in [0.1, 0.15) is 12.4 Å². The molecule has 3 aromatic carbocycles. The van der Waals surface area contributed by atoms with Gasteiger partial charge in [-0.1, -0.05) is 91.0 Å². The van der Waals surface area contributed by atoms with Gasteiger partial charge in [0.25, 0.3) is 0 Å². The minimum Gasteiger partial charge on any atom is -0.445 e. The molecule has 0 bridgehead atoms. The number of ether oxygens (including phenoxy) is 1. The molecule has 156 valence electrons. The number of carbonyl (C=O) groups is 1. The average molecular weight is 425 g/mol. The summed E-state index contributed by atoms with van der Waals surface area (Å²) in [6, 6.07) is 27.4. The van der Waals surface area contributed by atoms with Gasteiger partial charge < -0.3 is 19.5 Å². The largest absolute Gasteiger partial charge is 0.445 e. The van der Waals surface area contributed by atoms with Gasteiger partial charge in [0.15, 0.2) is 0 Å². The highest BCUT2D eigenvalue weighted by molar-refractivity contribution is 7.53. The molecule has 1 amide bonds. The van der Waals surface area contributed by atoms with Crippen LogP contribution < -0.4 is 5.32 Å². The molecule has 3 rings (SSSR count). The average Bonchev–Trinajstić information content (AvgIpc) is 2.78. The van der Waals surface area contributed by atoms with E-state index in [9.17, 15) is 14.3 Å². The lowest BCUT2D eigenvalue weighted by Crippen LogP contribution is -2.37. The molecule has 0 radical (unpaired) electrons. The molecule has 1 unspecified atom stereocenters. The second kappa shape index (κ2) is 10.7. The molecule has 0 saturated carbocycles. The molecular weight excluding hydrogens is 401 g/mol. The lowest BCUT2D eigenvalue weighted by molar-refractivity contribution is 0.135. The zero-order valence-corrected chi connectivity index (χ0v) is 17.3. The van der Waals surface area contributed by atoms with E-state index in [1.807, 2.05) is 78.9 Å². The number of hydrogen-bond donors (Lipinski definition) is 2. The van der Waals surface area contributed by atoms with Crippen LogP contribution in [-0.2, 0) is 33.5 Å². The molecule has 0 heterocycles. The minimum absolute atomic E-state index is 0.0410. The number of nitrogens with one attached hydrogen (secondary N) is 1. The summed E-state index contributed by atoms with van der Waals surface area (Å²) in [5.41, 5.74) is 2.38. The predicted octanol–water partition coefficient (Wildman–Crippen LogP) is 4.88. The first-order chi connectivity index (χ1) is 14.5. The van der Waals surface area contributed by atoms with Gasteiger partial charge in [0.2, 0.25) is 0 Å². The van der Waals surface area contributed by atoms with Crippen molar-refractivity contribution in [1.29, 1.82) is 0 Å². The molecule has 6 nitrogen and oxygen atoms in total. The first-order valence-corrected chi connectivity index (χ1v) is 11.2. The van der Waals surface area contributed by atoms with Crippen LogP contribution in [0.3, 0.4) is 0 Å². The highest BCUT2D eigenvalue weighted by atomic mass is 31.2. The monoisotopic (exact) mass is 425 g/mol. The minimum atomic E-state index is -4.20. The molecule has 2 N–H and O–H groups in total. The number of carbonyl (C=O) groups excluding carboxylic acids is 1. The Bertz CT molecular complexity index is 967. The van der Waals surface area contributed by atoms with Crippen molar-refractivity contribution >= 4 is 13.7 Å². The summed E-state index contributed by atoms with van der Waals surface area (Å²) in [6.45, 7) is 0.0198. The Morgan fingerprint density at radius 2 is 1.27 bits per heavy atom. The number of amides is 1. The van der Waals surface area contributed by atoms with Gasteiger partial charge in [0.05, 0.1) is 6.61 Å². The van der Waals surface area contributed by atoms with Crippen molar-refractivity contribution in [3.05, 3.63) is 108 Å². The third-order valence-electron chi connectivity index (χ3n) is 4.42. The Morgan fingerprint density at radius 1 is 0.800 bits per heavy atom. The Labute approximate surface area is 176 Å². The molecule has 0 aliphatic rings. The molecule has 0 aliphatic heterocycles. The van der Waals surface area contributed by atoms with Crippen LogP contribution in [-0.4, -0.2) is 16.8 Å². The summed E-state index contributed by atoms with van der Waals surface area (Å²) in [4.78, 5) is 22.9. The van der Waals surface area contributed by atoms with Gasteiger partial charge in [-0.15, -0.1) is 0 Å². The van der Waals surface area contributed by atoms with Gasteiger partial charge in [-0.05, 0) is 16.7 Å². The van der Waals surface area contributed by atoms with Gasteiger partial charge in [-0.25, -0.2) is 4.79 Å². The van der Waals surface area contributed by atoms with Crippen LogP contribution in [0.5, 0.6) is 0 Å². The predicted molar refractivity (Wildman–Crippen MR) is 115 cm³/mol. The number of rotatable bonds is 9. The number of hydrogen-bond acceptors (Lipinski definition) is 4. The third kappa shape index (κ3) is 6.85. The third-order valence-corrected chi connectivity index (χ3v) is 6.02. The fraction of sp³-hybridized carbons (Fsp3) is 0.174. The van der Waals surface area contributed by atoms with E-state index in [0.29, 0.717) is 0 Å². The maximum absolute atomic E-state index is 13.0. The topological polar surface area (TPSA) is 84.9 Å². The number of alkyl carbamates (subject to hydrolysis) is 1. The first-order valence-electron chi connectivity index (χ1n) is 9.55. The normalized spacial score (nSPS) is 13.8. The molecule has 30 heavy (non-hydrogen) atoms. The molecule has 3 aromatic rings. The van der Waals surface area contributed by atoms with Gasteiger partial charge >= 0.3 is 13.7 Å². The molecule has 0 aromatic heterocycles. The van der Waals surface area contributed by atoms with E-state index in [1.165, 1.54) is 0 Å². The van der Waals surface area contributed by atoms with Crippen LogP contribution in [0.4, 0.5) is 4.79 Å². The molecule has 0 saturated heterocycles. The van der Waals surface area contributed by atoms with Crippen LogP contribution >= 0.6 is 7.60 Å². The van der Waals surface area contributed by atoms with E-state index in [-0.39, 0.29) is 19.6 Å². The Morgan fingerprint density at radius 3 is 1.80 bits per heavy atom. The van der Waals surface area contributed by atoms with Crippen LogP contribution in [0.2, 0.25) is 0 Å². The second-order valence-electron chi connectivity index (χ2n) is 6.73. The fourth-order valence-electron chi connectivity index (χ4n) is 2.82. The standard InChI is InChI=1S/C23H24NO5P/c25-23(28-17-20-12-6-2-7-13-20)24-22(16-19-10-4-1-5-11-19)30(26,27)29-18-21-14-8-3-9-15-21/h1-15,22H,16-18H2,(H,24,25)(H,26,27)/t22-/m0/s1. The summed E-state index contributed by atoms with van der Waals surface area (Å²) in [6.07, 6.45) is -0.651. The van der Waals surface area contributed by atoms with Crippen LogP contribution in [0.25, 0.3) is 0 Å². The van der Waals surface area contributed by atoms with E-state index in [1.54, 1.807) is 12.1 Å². The molecule has 7 heteroatoms. The fourth-order valence-corrected chi connectivity index (χ4v) is 4.04. The maximum Gasteiger partial charge on any atom is 0.408 e. The Kier molecular flexibility index (Phi) is 7.80. The van der Waals surface area contributed by atoms with E-state index in [0.717, 1.165) is 16.7 Å². The quantitative estimate of drug-likeness (QED) is 0.477. The van der Waals surface area contributed by atoms with Crippen molar-refractivity contribution in [2.24, 2.45) is 0 Å². The zero-order valence-electron chi connectivity index (χ0n) is 16.4. The van der Waals surface area contributed by atoms with Crippen molar-refractivity contribution in [2.45, 2.75) is 25.4 Å². The summed E-state index contributed by atoms with van der Waals surface area (Å²) >= 11 is 0.